The Morgan fingerprint density at radius 2 is 1.77 bits per heavy atom. The third kappa shape index (κ3) is 3.92. The molecule has 1 fully saturated rings. The predicted molar refractivity (Wildman–Crippen MR) is 159 cm³/mol. The van der Waals surface area contributed by atoms with Gasteiger partial charge < -0.3 is 14.6 Å². The molecule has 2 N–H and O–H groups in total. The number of benzene rings is 2. The highest BCUT2D eigenvalue weighted by Gasteiger charge is 2.46. The second-order valence-corrected chi connectivity index (χ2v) is 11.6. The highest BCUT2D eigenvalue weighted by atomic mass is 16.3. The van der Waals surface area contributed by atoms with Crippen LogP contribution in [-0.4, -0.2) is 23.8 Å². The quantitative estimate of drug-likeness (QED) is 0.348. The molecular formula is C35H35N3O. The maximum absolute atomic E-state index is 6.17. The Morgan fingerprint density at radius 1 is 0.872 bits per heavy atom. The molecule has 196 valence electrons. The molecule has 8 rings (SSSR count). The molecule has 4 heteroatoms. The lowest BCUT2D eigenvalue weighted by Crippen LogP contribution is -2.73. The monoisotopic (exact) mass is 513 g/mol. The van der Waals surface area contributed by atoms with Crippen LogP contribution in [0.1, 0.15) is 43.6 Å². The van der Waals surface area contributed by atoms with Gasteiger partial charge in [0.1, 0.15) is 11.2 Å². The van der Waals surface area contributed by atoms with Gasteiger partial charge in [0.2, 0.25) is 0 Å². The zero-order chi connectivity index (χ0) is 25.8. The number of para-hydroxylation sites is 1. The average molecular weight is 514 g/mol. The predicted octanol–water partition coefficient (Wildman–Crippen LogP) is 7.42. The van der Waals surface area contributed by atoms with E-state index in [0.29, 0.717) is 30.1 Å². The molecule has 3 aromatic rings. The second kappa shape index (κ2) is 9.46. The van der Waals surface area contributed by atoms with Crippen LogP contribution in [0.3, 0.4) is 0 Å². The largest absolute Gasteiger partial charge is 0.456 e. The number of furan rings is 1. The molecule has 0 radical (unpaired) electrons. The standard InChI is InChI=1S/C35H35N3O/c1-3-9-23(10-4-1)34-37-35(24-11-5-2-6-12-24)38(34)27-16-17-28(26-21-36-22-26)30(20-27)25-15-18-33-31(19-25)29-13-7-8-14-32(29)39-33/h1,3-5,7-9,11,13-19,21,23-24,30,34-37H,2,6,10,12,20,22H2. The maximum Gasteiger partial charge on any atom is 0.135 e. The summed E-state index contributed by atoms with van der Waals surface area (Å²) >= 11 is 0. The third-order valence-corrected chi connectivity index (χ3v) is 9.38. The molecule has 1 saturated heterocycles. The van der Waals surface area contributed by atoms with Gasteiger partial charge in [0, 0.05) is 47.0 Å². The highest BCUT2D eigenvalue weighted by Crippen LogP contribution is 2.45. The minimum absolute atomic E-state index is 0.321. The van der Waals surface area contributed by atoms with Gasteiger partial charge in [-0.25, -0.2) is 0 Å². The number of nitrogens with zero attached hydrogens (tertiary/aromatic N) is 1. The van der Waals surface area contributed by atoms with Crippen LogP contribution in [0.5, 0.6) is 0 Å². The molecule has 0 spiro atoms. The summed E-state index contributed by atoms with van der Waals surface area (Å²) in [6.07, 6.45) is 27.6. The van der Waals surface area contributed by atoms with Crippen molar-refractivity contribution in [2.75, 3.05) is 6.54 Å². The van der Waals surface area contributed by atoms with Crippen LogP contribution in [0, 0.1) is 11.8 Å². The summed E-state index contributed by atoms with van der Waals surface area (Å²) in [5.74, 6) is 1.38. The van der Waals surface area contributed by atoms with Gasteiger partial charge in [0.25, 0.3) is 0 Å². The SMILES string of the molecule is C1=CCC(C2NC(C3C=CCCC3)N2C2=CC=C(C3=CNC3)C(c3ccc4oc5ccccc5c4c3)C2)C=C1. The Kier molecular flexibility index (Phi) is 5.62. The number of nitrogens with one attached hydrogen (secondary N) is 2. The maximum atomic E-state index is 6.17. The first-order valence-corrected chi connectivity index (χ1v) is 14.6. The zero-order valence-corrected chi connectivity index (χ0v) is 22.2. The minimum Gasteiger partial charge on any atom is -0.456 e. The van der Waals surface area contributed by atoms with Crippen molar-refractivity contribution in [2.24, 2.45) is 11.8 Å². The molecule has 0 bridgehead atoms. The van der Waals surface area contributed by atoms with Crippen LogP contribution >= 0.6 is 0 Å². The Balaban J connectivity index is 1.18. The van der Waals surface area contributed by atoms with Gasteiger partial charge >= 0.3 is 0 Å². The summed E-state index contributed by atoms with van der Waals surface area (Å²) in [6.45, 7) is 0.949. The fourth-order valence-electron chi connectivity index (χ4n) is 7.24. The number of hydrogen-bond acceptors (Lipinski definition) is 4. The van der Waals surface area contributed by atoms with Crippen LogP contribution in [0.2, 0.25) is 0 Å². The number of allylic oxidation sites excluding steroid dienone is 7. The second-order valence-electron chi connectivity index (χ2n) is 11.6. The first kappa shape index (κ1) is 23.2. The molecule has 5 unspecified atom stereocenters. The highest BCUT2D eigenvalue weighted by molar-refractivity contribution is 6.05. The van der Waals surface area contributed by atoms with E-state index in [4.69, 9.17) is 4.42 Å². The lowest BCUT2D eigenvalue weighted by atomic mass is 9.77. The smallest absolute Gasteiger partial charge is 0.135 e. The molecule has 5 atom stereocenters. The van der Waals surface area contributed by atoms with Crippen LogP contribution in [-0.2, 0) is 0 Å². The van der Waals surface area contributed by atoms with E-state index in [9.17, 15) is 0 Å². The van der Waals surface area contributed by atoms with E-state index in [-0.39, 0.29) is 0 Å². The van der Waals surface area contributed by atoms with Crippen LogP contribution in [0.25, 0.3) is 21.9 Å². The lowest BCUT2D eigenvalue weighted by Gasteiger charge is -2.58. The fraction of sp³-hybridized carbons (Fsp3) is 0.314. The summed E-state index contributed by atoms with van der Waals surface area (Å²) in [4.78, 5) is 2.74. The van der Waals surface area contributed by atoms with Crippen molar-refractivity contribution >= 4 is 21.9 Å². The normalized spacial score (nSPS) is 29.9. The molecule has 4 nitrogen and oxygen atoms in total. The first-order chi connectivity index (χ1) is 19.3. The summed E-state index contributed by atoms with van der Waals surface area (Å²) in [5, 5.41) is 9.78. The van der Waals surface area contributed by atoms with Crippen molar-refractivity contribution in [1.29, 1.82) is 0 Å². The van der Waals surface area contributed by atoms with Gasteiger partial charge in [-0.2, -0.15) is 0 Å². The minimum atomic E-state index is 0.321. The fourth-order valence-corrected chi connectivity index (χ4v) is 7.24. The van der Waals surface area contributed by atoms with E-state index in [1.807, 2.05) is 6.07 Å². The molecule has 39 heavy (non-hydrogen) atoms. The summed E-state index contributed by atoms with van der Waals surface area (Å²) in [6, 6.07) is 15.3. The van der Waals surface area contributed by atoms with Gasteiger partial charge in [-0.15, -0.1) is 0 Å². The van der Waals surface area contributed by atoms with Crippen molar-refractivity contribution < 1.29 is 4.42 Å². The first-order valence-electron chi connectivity index (χ1n) is 14.6. The molecule has 2 aromatic carbocycles. The summed E-state index contributed by atoms with van der Waals surface area (Å²) in [5.41, 5.74) is 7.64. The van der Waals surface area contributed by atoms with Gasteiger partial charge in [-0.1, -0.05) is 66.8 Å². The van der Waals surface area contributed by atoms with E-state index >= 15 is 0 Å². The van der Waals surface area contributed by atoms with E-state index in [2.05, 4.69) is 107 Å². The number of hydrogen-bond donors (Lipinski definition) is 2. The molecule has 1 aromatic heterocycles. The lowest BCUT2D eigenvalue weighted by molar-refractivity contribution is -0.0464. The summed E-state index contributed by atoms with van der Waals surface area (Å²) < 4.78 is 6.17. The molecule has 0 amide bonds. The molecule has 2 aliphatic heterocycles. The molecule has 0 saturated carbocycles. The van der Waals surface area contributed by atoms with E-state index in [0.717, 1.165) is 30.6 Å². The van der Waals surface area contributed by atoms with Gasteiger partial charge in [-0.05, 0) is 73.1 Å². The van der Waals surface area contributed by atoms with Gasteiger partial charge in [0.15, 0.2) is 0 Å². The Morgan fingerprint density at radius 3 is 2.59 bits per heavy atom. The van der Waals surface area contributed by atoms with Gasteiger partial charge in [-0.3, -0.25) is 5.32 Å². The Labute approximate surface area is 230 Å². The van der Waals surface area contributed by atoms with Crippen molar-refractivity contribution in [2.45, 2.75) is 50.4 Å². The van der Waals surface area contributed by atoms with Crippen molar-refractivity contribution in [3.63, 3.8) is 0 Å². The molecular weight excluding hydrogens is 478 g/mol. The van der Waals surface area contributed by atoms with Crippen molar-refractivity contribution in [3.8, 4) is 0 Å². The van der Waals surface area contributed by atoms with Crippen molar-refractivity contribution in [1.82, 2.24) is 15.5 Å². The van der Waals surface area contributed by atoms with Gasteiger partial charge in [0.05, 0.1) is 12.3 Å². The Hall–Kier alpha value is -3.76. The van der Waals surface area contributed by atoms with Crippen LogP contribution in [0.4, 0.5) is 0 Å². The Bertz CT molecular complexity index is 1610. The zero-order valence-electron chi connectivity index (χ0n) is 22.2. The van der Waals surface area contributed by atoms with E-state index in [1.165, 1.54) is 52.4 Å². The molecule has 3 aliphatic carbocycles. The molecule has 5 aliphatic rings. The van der Waals surface area contributed by atoms with Crippen LogP contribution < -0.4 is 10.6 Å². The van der Waals surface area contributed by atoms with E-state index in [1.54, 1.807) is 0 Å². The third-order valence-electron chi connectivity index (χ3n) is 9.38. The van der Waals surface area contributed by atoms with Crippen LogP contribution in [0.15, 0.2) is 119 Å². The molecule has 3 heterocycles. The van der Waals surface area contributed by atoms with Crippen molar-refractivity contribution in [3.05, 3.63) is 120 Å². The number of fused-ring (bicyclic) bond motifs is 3. The topological polar surface area (TPSA) is 40.4 Å². The summed E-state index contributed by atoms with van der Waals surface area (Å²) in [7, 11) is 0. The average Bonchev–Trinajstić information content (AvgIpc) is 3.32. The number of rotatable bonds is 5. The van der Waals surface area contributed by atoms with E-state index < -0.39 is 0 Å².